The average Bonchev–Trinajstić information content (AvgIpc) is 2.54. The average molecular weight is 295 g/mol. The Hall–Kier alpha value is -2.58. The Balaban J connectivity index is 1.62. The molecule has 0 bridgehead atoms. The Labute approximate surface area is 129 Å². The van der Waals surface area contributed by atoms with Gasteiger partial charge in [-0.05, 0) is 23.3 Å². The van der Waals surface area contributed by atoms with E-state index in [-0.39, 0.29) is 6.10 Å². The third-order valence-electron chi connectivity index (χ3n) is 3.70. The summed E-state index contributed by atoms with van der Waals surface area (Å²) in [4.78, 5) is 5.89. The lowest BCUT2D eigenvalue weighted by Gasteiger charge is -2.34. The van der Waals surface area contributed by atoms with E-state index in [1.165, 1.54) is 0 Å². The quantitative estimate of drug-likeness (QED) is 0.793. The minimum atomic E-state index is 0.165. The van der Waals surface area contributed by atoms with E-state index >= 15 is 0 Å². The van der Waals surface area contributed by atoms with Crippen molar-refractivity contribution in [2.24, 2.45) is 0 Å². The van der Waals surface area contributed by atoms with Gasteiger partial charge in [-0.25, -0.2) is 4.98 Å². The first-order valence-electron chi connectivity index (χ1n) is 7.14. The van der Waals surface area contributed by atoms with Crippen LogP contribution in [0, 0.1) is 11.5 Å². The van der Waals surface area contributed by atoms with E-state index in [9.17, 15) is 0 Å². The molecular formula is C17H17N3O2. The molecule has 1 fully saturated rings. The Kier molecular flexibility index (Phi) is 4.22. The van der Waals surface area contributed by atoms with E-state index in [2.05, 4.69) is 11.2 Å². The van der Waals surface area contributed by atoms with Crippen molar-refractivity contribution in [3.63, 3.8) is 0 Å². The highest BCUT2D eigenvalue weighted by Crippen LogP contribution is 2.27. The van der Waals surface area contributed by atoms with E-state index in [0.717, 1.165) is 16.7 Å². The lowest BCUT2D eigenvalue weighted by atomic mass is 10.1. The molecule has 0 amide bonds. The first-order valence-corrected chi connectivity index (χ1v) is 7.14. The van der Waals surface area contributed by atoms with Crippen molar-refractivity contribution >= 4 is 0 Å². The summed E-state index contributed by atoms with van der Waals surface area (Å²) >= 11 is 0. The van der Waals surface area contributed by atoms with Gasteiger partial charge < -0.3 is 14.4 Å². The highest BCUT2D eigenvalue weighted by molar-refractivity contribution is 5.68. The zero-order valence-corrected chi connectivity index (χ0v) is 12.4. The summed E-state index contributed by atoms with van der Waals surface area (Å²) in [7, 11) is 1.62. The molecule has 0 atom stereocenters. The lowest BCUT2D eigenvalue weighted by molar-refractivity contribution is -0.0400. The second-order valence-corrected chi connectivity index (χ2v) is 5.20. The summed E-state index contributed by atoms with van der Waals surface area (Å²) in [6.45, 7) is 1.96. The number of rotatable bonds is 5. The van der Waals surface area contributed by atoms with Crippen LogP contribution in [0.15, 0.2) is 42.6 Å². The lowest BCUT2D eigenvalue weighted by Crippen LogP contribution is -2.49. The number of benzene rings is 1. The molecular weight excluding hydrogens is 278 g/mol. The first kappa shape index (κ1) is 14.4. The molecule has 5 nitrogen and oxygen atoms in total. The fourth-order valence-electron chi connectivity index (χ4n) is 2.39. The van der Waals surface area contributed by atoms with Gasteiger partial charge in [0.2, 0.25) is 5.88 Å². The molecule has 1 aromatic heterocycles. The number of nitriles is 1. The van der Waals surface area contributed by atoms with Crippen molar-refractivity contribution in [1.82, 2.24) is 9.88 Å². The second-order valence-electron chi connectivity index (χ2n) is 5.20. The number of hydrogen-bond acceptors (Lipinski definition) is 5. The summed E-state index contributed by atoms with van der Waals surface area (Å²) in [5.74, 6) is 0.623. The number of likely N-dealkylation sites (tertiary alicyclic amines) is 1. The van der Waals surface area contributed by atoms with Gasteiger partial charge in [0.1, 0.15) is 0 Å². The molecule has 0 unspecified atom stereocenters. The fraction of sp³-hybridized carbons (Fsp3) is 0.294. The minimum absolute atomic E-state index is 0.165. The van der Waals surface area contributed by atoms with Gasteiger partial charge in [0.15, 0.2) is 6.19 Å². The molecule has 0 radical (unpaired) electrons. The molecule has 22 heavy (non-hydrogen) atoms. The summed E-state index contributed by atoms with van der Waals surface area (Å²) < 4.78 is 11.0. The van der Waals surface area contributed by atoms with Gasteiger partial charge in [-0.15, -0.1) is 0 Å². The van der Waals surface area contributed by atoms with Crippen LogP contribution in [0.25, 0.3) is 11.1 Å². The molecule has 0 aliphatic carbocycles. The molecule has 1 aromatic carbocycles. The van der Waals surface area contributed by atoms with Crippen LogP contribution in [0.4, 0.5) is 0 Å². The normalized spacial score (nSPS) is 14.3. The molecule has 1 aliphatic rings. The van der Waals surface area contributed by atoms with Crippen LogP contribution in [-0.4, -0.2) is 36.2 Å². The molecule has 2 heterocycles. The number of nitrogens with zero attached hydrogens (tertiary/aromatic N) is 3. The topological polar surface area (TPSA) is 58.4 Å². The predicted molar refractivity (Wildman–Crippen MR) is 82.0 cm³/mol. The number of aromatic nitrogens is 1. The maximum absolute atomic E-state index is 8.68. The molecule has 0 spiro atoms. The van der Waals surface area contributed by atoms with Gasteiger partial charge in [0, 0.05) is 11.8 Å². The van der Waals surface area contributed by atoms with Crippen molar-refractivity contribution in [3.05, 3.63) is 48.2 Å². The van der Waals surface area contributed by atoms with Crippen LogP contribution in [0.5, 0.6) is 5.88 Å². The predicted octanol–water partition coefficient (Wildman–Crippen LogP) is 2.44. The van der Waals surface area contributed by atoms with Crippen LogP contribution in [-0.2, 0) is 11.3 Å². The van der Waals surface area contributed by atoms with Gasteiger partial charge >= 0.3 is 0 Å². The van der Waals surface area contributed by atoms with Gasteiger partial charge in [0.05, 0.1) is 32.9 Å². The number of methoxy groups -OCH3 is 1. The Bertz CT molecular complexity index is 673. The largest absolute Gasteiger partial charge is 0.481 e. The minimum Gasteiger partial charge on any atom is -0.481 e. The van der Waals surface area contributed by atoms with E-state index in [1.54, 1.807) is 18.2 Å². The van der Waals surface area contributed by atoms with Crippen molar-refractivity contribution in [3.8, 4) is 23.2 Å². The van der Waals surface area contributed by atoms with Crippen molar-refractivity contribution in [1.29, 1.82) is 5.26 Å². The van der Waals surface area contributed by atoms with Crippen LogP contribution in [0.3, 0.4) is 0 Å². The number of hydrogen-bond donors (Lipinski definition) is 0. The monoisotopic (exact) mass is 295 g/mol. The van der Waals surface area contributed by atoms with Crippen LogP contribution < -0.4 is 4.74 Å². The van der Waals surface area contributed by atoms with Crippen LogP contribution in [0.2, 0.25) is 0 Å². The SMILES string of the molecule is COc1ncccc1-c1ccc(COC2CN(C#N)C2)cc1. The molecule has 2 aromatic rings. The van der Waals surface area contributed by atoms with Gasteiger partial charge in [-0.3, -0.25) is 0 Å². The summed E-state index contributed by atoms with van der Waals surface area (Å²) in [5, 5.41) is 8.68. The van der Waals surface area contributed by atoms with Crippen molar-refractivity contribution in [2.75, 3.05) is 20.2 Å². The standard InChI is InChI=1S/C17H17N3O2/c1-21-17-16(3-2-8-19-17)14-6-4-13(5-7-14)11-22-15-9-20(10-15)12-18/h2-8,15H,9-11H2,1H3. The molecule has 5 heteroatoms. The Morgan fingerprint density at radius 3 is 2.73 bits per heavy atom. The first-order chi connectivity index (χ1) is 10.8. The molecule has 3 rings (SSSR count). The highest BCUT2D eigenvalue weighted by atomic mass is 16.5. The number of ether oxygens (including phenoxy) is 2. The second kappa shape index (κ2) is 6.46. The third kappa shape index (κ3) is 3.02. The van der Waals surface area contributed by atoms with E-state index in [4.69, 9.17) is 14.7 Å². The zero-order chi connectivity index (χ0) is 15.4. The molecule has 112 valence electrons. The third-order valence-corrected chi connectivity index (χ3v) is 3.70. The van der Waals surface area contributed by atoms with Crippen molar-refractivity contribution < 1.29 is 9.47 Å². The van der Waals surface area contributed by atoms with Crippen LogP contribution >= 0.6 is 0 Å². The summed E-state index contributed by atoms with van der Waals surface area (Å²) in [5.41, 5.74) is 3.15. The van der Waals surface area contributed by atoms with E-state index in [0.29, 0.717) is 25.6 Å². The number of pyridine rings is 1. The van der Waals surface area contributed by atoms with Gasteiger partial charge in [-0.2, -0.15) is 5.26 Å². The van der Waals surface area contributed by atoms with E-state index < -0.39 is 0 Å². The Morgan fingerprint density at radius 2 is 2.05 bits per heavy atom. The molecule has 1 aliphatic heterocycles. The van der Waals surface area contributed by atoms with Crippen molar-refractivity contribution in [2.45, 2.75) is 12.7 Å². The summed E-state index contributed by atoms with van der Waals surface area (Å²) in [6, 6.07) is 12.1. The van der Waals surface area contributed by atoms with Gasteiger partial charge in [-0.1, -0.05) is 24.3 Å². The Morgan fingerprint density at radius 1 is 1.27 bits per heavy atom. The zero-order valence-electron chi connectivity index (χ0n) is 12.4. The highest BCUT2D eigenvalue weighted by Gasteiger charge is 2.26. The maximum Gasteiger partial charge on any atom is 0.221 e. The molecule has 0 N–H and O–H groups in total. The van der Waals surface area contributed by atoms with E-state index in [1.807, 2.05) is 36.4 Å². The fourth-order valence-corrected chi connectivity index (χ4v) is 2.39. The smallest absolute Gasteiger partial charge is 0.221 e. The molecule has 1 saturated heterocycles. The maximum atomic E-state index is 8.68. The van der Waals surface area contributed by atoms with Crippen LogP contribution in [0.1, 0.15) is 5.56 Å². The molecule has 0 saturated carbocycles. The summed E-state index contributed by atoms with van der Waals surface area (Å²) in [6.07, 6.45) is 3.98. The van der Waals surface area contributed by atoms with Gasteiger partial charge in [0.25, 0.3) is 0 Å².